The Morgan fingerprint density at radius 1 is 1.11 bits per heavy atom. The summed E-state index contributed by atoms with van der Waals surface area (Å²) in [6.45, 7) is 2.68. The number of ether oxygens (including phenoxy) is 1. The van der Waals surface area contributed by atoms with Crippen LogP contribution in [0.15, 0.2) is 63.7 Å². The van der Waals surface area contributed by atoms with Crippen LogP contribution in [0, 0.1) is 0 Å². The Labute approximate surface area is 157 Å². The van der Waals surface area contributed by atoms with E-state index in [0.29, 0.717) is 31.8 Å². The Bertz CT molecular complexity index is 882. The molecule has 0 aliphatic carbocycles. The number of rotatable bonds is 9. The van der Waals surface area contributed by atoms with E-state index >= 15 is 0 Å². The van der Waals surface area contributed by atoms with Gasteiger partial charge in [-0.2, -0.15) is 18.6 Å². The van der Waals surface area contributed by atoms with Crippen LogP contribution in [0.5, 0.6) is 0 Å². The van der Waals surface area contributed by atoms with Gasteiger partial charge < -0.3 is 10.1 Å². The number of nitrogens with one attached hydrogen (secondary N) is 1. The zero-order valence-electron chi connectivity index (χ0n) is 14.8. The molecular formula is C18H20FN3O4S. The second-order valence-corrected chi connectivity index (χ2v) is 6.96. The van der Waals surface area contributed by atoms with Gasteiger partial charge in [0.15, 0.2) is 0 Å². The highest BCUT2D eigenvalue weighted by atomic mass is 32.3. The second-order valence-electron chi connectivity index (χ2n) is 5.61. The Morgan fingerprint density at radius 2 is 1.78 bits per heavy atom. The zero-order valence-corrected chi connectivity index (χ0v) is 15.6. The Morgan fingerprint density at radius 3 is 2.37 bits per heavy atom. The fraction of sp³-hybridized carbons (Fsp3) is 0.278. The van der Waals surface area contributed by atoms with Crippen LogP contribution in [-0.4, -0.2) is 34.1 Å². The average Bonchev–Trinajstić information content (AvgIpc) is 2.63. The first kappa shape index (κ1) is 20.5. The Hall–Kier alpha value is -2.81. The van der Waals surface area contributed by atoms with Gasteiger partial charge in [-0.05, 0) is 48.4 Å². The molecule has 0 saturated carbocycles. The fourth-order valence-electron chi connectivity index (χ4n) is 2.17. The van der Waals surface area contributed by atoms with E-state index in [1.54, 1.807) is 0 Å². The Kier molecular flexibility index (Phi) is 7.42. The van der Waals surface area contributed by atoms with E-state index in [0.717, 1.165) is 23.4 Å². The van der Waals surface area contributed by atoms with Gasteiger partial charge in [-0.15, -0.1) is 3.89 Å². The molecule has 0 aromatic heterocycles. The van der Waals surface area contributed by atoms with Crippen LogP contribution in [0.3, 0.4) is 0 Å². The van der Waals surface area contributed by atoms with Gasteiger partial charge in [0.1, 0.15) is 6.61 Å². The van der Waals surface area contributed by atoms with Crippen LogP contribution in [-0.2, 0) is 26.2 Å². The lowest BCUT2D eigenvalue weighted by Gasteiger charge is -2.07. The molecule has 0 aliphatic rings. The summed E-state index contributed by atoms with van der Waals surface area (Å²) >= 11 is 0. The monoisotopic (exact) mass is 393 g/mol. The third kappa shape index (κ3) is 7.53. The molecule has 27 heavy (non-hydrogen) atoms. The van der Waals surface area contributed by atoms with Gasteiger partial charge in [-0.25, -0.2) is 0 Å². The maximum Gasteiger partial charge on any atom is 0.332 e. The molecule has 0 saturated heterocycles. The first-order valence-corrected chi connectivity index (χ1v) is 9.61. The number of benzene rings is 2. The highest BCUT2D eigenvalue weighted by Crippen LogP contribution is 2.18. The smallest absolute Gasteiger partial charge is 0.332 e. The predicted octanol–water partition coefficient (Wildman–Crippen LogP) is 3.65. The summed E-state index contributed by atoms with van der Waals surface area (Å²) < 4.78 is 39.1. The van der Waals surface area contributed by atoms with Crippen LogP contribution in [0.4, 0.5) is 15.3 Å². The largest absolute Gasteiger partial charge is 0.464 e. The first-order chi connectivity index (χ1) is 12.8. The summed E-state index contributed by atoms with van der Waals surface area (Å²) in [5, 5.41) is 11.2. The van der Waals surface area contributed by atoms with Crippen LogP contribution < -0.4 is 5.32 Å². The SMILES string of the molecule is CC(=O)OCCNc1ccc(CCN=Nc2ccc(S(=O)(=O)F)cc2)cc1. The highest BCUT2D eigenvalue weighted by Gasteiger charge is 2.10. The summed E-state index contributed by atoms with van der Waals surface area (Å²) in [6.07, 6.45) is 0.689. The fourth-order valence-corrected chi connectivity index (χ4v) is 2.63. The van der Waals surface area contributed by atoms with Crippen LogP contribution >= 0.6 is 0 Å². The first-order valence-electron chi connectivity index (χ1n) is 8.23. The third-order valence-electron chi connectivity index (χ3n) is 3.50. The van der Waals surface area contributed by atoms with Crippen LogP contribution in [0.25, 0.3) is 0 Å². The number of esters is 1. The van der Waals surface area contributed by atoms with E-state index in [-0.39, 0.29) is 5.97 Å². The minimum absolute atomic E-state index is 0.301. The van der Waals surface area contributed by atoms with Gasteiger partial charge in [0.2, 0.25) is 0 Å². The molecule has 1 N–H and O–H groups in total. The van der Waals surface area contributed by atoms with Crippen LogP contribution in [0.1, 0.15) is 12.5 Å². The maximum absolute atomic E-state index is 12.8. The lowest BCUT2D eigenvalue weighted by atomic mass is 10.1. The molecule has 0 atom stereocenters. The summed E-state index contributed by atoms with van der Waals surface area (Å²) in [5.74, 6) is -0.301. The molecule has 0 fully saturated rings. The van der Waals surface area contributed by atoms with Crippen molar-refractivity contribution in [3.05, 3.63) is 54.1 Å². The predicted molar refractivity (Wildman–Crippen MR) is 99.4 cm³/mol. The van der Waals surface area contributed by atoms with Crippen molar-refractivity contribution in [1.82, 2.24) is 0 Å². The van der Waals surface area contributed by atoms with E-state index in [1.165, 1.54) is 19.1 Å². The van der Waals surface area contributed by atoms with E-state index < -0.39 is 15.1 Å². The molecule has 2 aromatic rings. The number of halogens is 1. The molecular weight excluding hydrogens is 373 g/mol. The summed E-state index contributed by atoms with van der Waals surface area (Å²) in [6, 6.07) is 12.9. The summed E-state index contributed by atoms with van der Waals surface area (Å²) in [5.41, 5.74) is 2.46. The lowest BCUT2D eigenvalue weighted by molar-refractivity contribution is -0.140. The number of carbonyl (C=O) groups is 1. The van der Waals surface area contributed by atoms with Gasteiger partial charge in [-0.1, -0.05) is 12.1 Å². The van der Waals surface area contributed by atoms with Crippen molar-refractivity contribution in [3.63, 3.8) is 0 Å². The van der Waals surface area contributed by atoms with Gasteiger partial charge in [-0.3, -0.25) is 4.79 Å². The summed E-state index contributed by atoms with van der Waals surface area (Å²) in [4.78, 5) is 10.3. The molecule has 7 nitrogen and oxygen atoms in total. The van der Waals surface area contributed by atoms with Crippen molar-refractivity contribution in [2.75, 3.05) is 25.0 Å². The summed E-state index contributed by atoms with van der Waals surface area (Å²) in [7, 11) is -4.70. The molecule has 0 bridgehead atoms. The highest BCUT2D eigenvalue weighted by molar-refractivity contribution is 7.86. The van der Waals surface area contributed by atoms with E-state index in [9.17, 15) is 17.1 Å². The second kappa shape index (κ2) is 9.77. The average molecular weight is 393 g/mol. The number of hydrogen-bond acceptors (Lipinski definition) is 7. The molecule has 0 heterocycles. The van der Waals surface area contributed by atoms with E-state index in [4.69, 9.17) is 4.74 Å². The molecule has 144 valence electrons. The molecule has 0 amide bonds. The van der Waals surface area contributed by atoms with E-state index in [1.807, 2.05) is 24.3 Å². The van der Waals surface area contributed by atoms with Crippen molar-refractivity contribution in [3.8, 4) is 0 Å². The molecule has 0 radical (unpaired) electrons. The normalized spacial score (nSPS) is 11.5. The number of hydrogen-bond donors (Lipinski definition) is 1. The molecule has 2 aromatic carbocycles. The standard InChI is InChI=1S/C18H20FN3O4S/c1-14(23)26-13-12-20-16-4-2-15(3-5-16)10-11-21-22-17-6-8-18(9-7-17)27(19,24)25/h2-9,20H,10-13H2,1H3. The van der Waals surface area contributed by atoms with Crippen molar-refractivity contribution in [2.24, 2.45) is 10.2 Å². The molecule has 0 aliphatic heterocycles. The number of nitrogens with zero attached hydrogens (tertiary/aromatic N) is 2. The van der Waals surface area contributed by atoms with Crippen molar-refractivity contribution in [2.45, 2.75) is 18.2 Å². The quantitative estimate of drug-likeness (QED) is 0.304. The van der Waals surface area contributed by atoms with E-state index in [2.05, 4.69) is 15.5 Å². The third-order valence-corrected chi connectivity index (χ3v) is 4.33. The lowest BCUT2D eigenvalue weighted by Crippen LogP contribution is -2.11. The molecule has 2 rings (SSSR count). The molecule has 0 unspecified atom stereocenters. The van der Waals surface area contributed by atoms with Crippen molar-refractivity contribution >= 4 is 27.6 Å². The Balaban J connectivity index is 1.76. The number of anilines is 1. The molecule has 0 spiro atoms. The maximum atomic E-state index is 12.8. The van der Waals surface area contributed by atoms with Crippen molar-refractivity contribution in [1.29, 1.82) is 0 Å². The van der Waals surface area contributed by atoms with Crippen LogP contribution in [0.2, 0.25) is 0 Å². The van der Waals surface area contributed by atoms with Gasteiger partial charge in [0, 0.05) is 19.2 Å². The topological polar surface area (TPSA) is 97.2 Å². The van der Waals surface area contributed by atoms with Gasteiger partial charge >= 0.3 is 16.2 Å². The number of carbonyl (C=O) groups excluding carboxylic acids is 1. The van der Waals surface area contributed by atoms with Gasteiger partial charge in [0.05, 0.1) is 17.1 Å². The van der Waals surface area contributed by atoms with Gasteiger partial charge in [0.25, 0.3) is 0 Å². The molecule has 9 heteroatoms. The minimum atomic E-state index is -4.70. The number of azo groups is 1. The van der Waals surface area contributed by atoms with Crippen molar-refractivity contribution < 1.29 is 21.8 Å². The minimum Gasteiger partial charge on any atom is -0.464 e. The zero-order chi connectivity index (χ0) is 19.7.